The number of aromatic nitrogens is 1. The average molecular weight is 338 g/mol. The maximum atomic E-state index is 13.1. The molecule has 0 radical (unpaired) electrons. The van der Waals surface area contributed by atoms with E-state index in [0.717, 1.165) is 5.75 Å². The molecule has 1 N–H and O–H groups in total. The molecule has 1 aliphatic rings. The lowest BCUT2D eigenvalue weighted by molar-refractivity contribution is -0.119. The van der Waals surface area contributed by atoms with Crippen LogP contribution in [0.15, 0.2) is 67.0 Å². The van der Waals surface area contributed by atoms with Crippen molar-refractivity contribution in [3.63, 3.8) is 0 Å². The van der Waals surface area contributed by atoms with Crippen LogP contribution in [0.2, 0.25) is 0 Å². The molecule has 0 saturated heterocycles. The summed E-state index contributed by atoms with van der Waals surface area (Å²) in [6.45, 7) is 1.81. The second kappa shape index (κ2) is 7.01. The van der Waals surface area contributed by atoms with Gasteiger partial charge < -0.3 is 5.32 Å². The highest BCUT2D eigenvalue weighted by Crippen LogP contribution is 2.42. The predicted octanol–water partition coefficient (Wildman–Crippen LogP) is 3.58. The molecule has 1 aromatic heterocycles. The van der Waals surface area contributed by atoms with Gasteiger partial charge in [0.05, 0.1) is 5.92 Å². The van der Waals surface area contributed by atoms with E-state index in [1.54, 1.807) is 43.6 Å². The van der Waals surface area contributed by atoms with Gasteiger partial charge in [-0.05, 0) is 12.1 Å². The van der Waals surface area contributed by atoms with Gasteiger partial charge >= 0.3 is 0 Å². The summed E-state index contributed by atoms with van der Waals surface area (Å²) in [7, 11) is 0. The number of carbonyl (C=O) groups is 2. The van der Waals surface area contributed by atoms with Gasteiger partial charge in [-0.15, -0.1) is 11.8 Å². The van der Waals surface area contributed by atoms with E-state index in [0.29, 0.717) is 11.3 Å². The van der Waals surface area contributed by atoms with E-state index in [-0.39, 0.29) is 11.7 Å². The predicted molar refractivity (Wildman–Crippen MR) is 97.1 cm³/mol. The number of pyridine rings is 1. The summed E-state index contributed by atoms with van der Waals surface area (Å²) in [5, 5.41) is 2.87. The molecule has 0 aliphatic carbocycles. The number of benzene rings is 1. The van der Waals surface area contributed by atoms with Crippen molar-refractivity contribution in [2.75, 3.05) is 11.1 Å². The van der Waals surface area contributed by atoms with Crippen LogP contribution in [-0.4, -0.2) is 27.2 Å². The van der Waals surface area contributed by atoms with E-state index < -0.39 is 10.7 Å². The van der Waals surface area contributed by atoms with Crippen molar-refractivity contribution in [3.8, 4) is 0 Å². The monoisotopic (exact) mass is 338 g/mol. The van der Waals surface area contributed by atoms with Gasteiger partial charge in [-0.1, -0.05) is 49.4 Å². The van der Waals surface area contributed by atoms with Crippen LogP contribution in [0.25, 0.3) is 0 Å². The fourth-order valence-electron chi connectivity index (χ4n) is 2.76. The highest BCUT2D eigenvalue weighted by molar-refractivity contribution is 8.02. The van der Waals surface area contributed by atoms with Gasteiger partial charge in [-0.3, -0.25) is 14.6 Å². The van der Waals surface area contributed by atoms with Gasteiger partial charge in [0, 0.05) is 29.4 Å². The van der Waals surface area contributed by atoms with Crippen molar-refractivity contribution in [1.29, 1.82) is 0 Å². The zero-order valence-corrected chi connectivity index (χ0v) is 14.1. The Morgan fingerprint density at radius 3 is 2.50 bits per heavy atom. The van der Waals surface area contributed by atoms with Crippen LogP contribution in [0.5, 0.6) is 0 Å². The third-order valence-electron chi connectivity index (χ3n) is 4.16. The smallest absolute Gasteiger partial charge is 0.229 e. The number of ketones is 1. The van der Waals surface area contributed by atoms with Gasteiger partial charge in [0.1, 0.15) is 4.75 Å². The van der Waals surface area contributed by atoms with E-state index in [9.17, 15) is 9.59 Å². The van der Waals surface area contributed by atoms with Crippen molar-refractivity contribution in [1.82, 2.24) is 4.98 Å². The molecule has 24 heavy (non-hydrogen) atoms. The van der Waals surface area contributed by atoms with E-state index in [1.807, 2.05) is 30.4 Å². The van der Waals surface area contributed by atoms with Gasteiger partial charge in [-0.25, -0.2) is 0 Å². The maximum absolute atomic E-state index is 13.1. The number of thioether (sulfide) groups is 1. The summed E-state index contributed by atoms with van der Waals surface area (Å²) >= 11 is 1.51. The fourth-order valence-corrected chi connectivity index (χ4v) is 4.03. The normalized spacial score (nSPS) is 20.5. The van der Waals surface area contributed by atoms with Crippen LogP contribution in [-0.2, 0) is 4.79 Å². The van der Waals surface area contributed by atoms with E-state index in [2.05, 4.69) is 10.3 Å². The lowest BCUT2D eigenvalue weighted by Gasteiger charge is -2.31. The minimum absolute atomic E-state index is 0.0285. The summed E-state index contributed by atoms with van der Waals surface area (Å²) in [6, 6.07) is 12.6. The fraction of sp³-hybridized carbons (Fsp3) is 0.211. The Labute approximate surface area is 145 Å². The number of nitrogens with zero attached hydrogens (tertiary/aromatic N) is 1. The number of nitrogens with one attached hydrogen (secondary N) is 1. The van der Waals surface area contributed by atoms with Crippen molar-refractivity contribution < 1.29 is 9.59 Å². The first kappa shape index (κ1) is 16.5. The molecule has 2 atom stereocenters. The highest BCUT2D eigenvalue weighted by Gasteiger charge is 2.47. The number of anilines is 1. The number of rotatable bonds is 5. The summed E-state index contributed by atoms with van der Waals surface area (Å²) in [4.78, 5) is 29.8. The van der Waals surface area contributed by atoms with Crippen LogP contribution in [0, 0.1) is 5.92 Å². The molecular formula is C19H18N2O2S. The number of Topliss-reactive ketones (excluding diaryl/α,β-unsaturated/α-hetero) is 1. The molecule has 122 valence electrons. The Morgan fingerprint density at radius 1 is 1.17 bits per heavy atom. The molecule has 0 spiro atoms. The Kier molecular flexibility index (Phi) is 4.81. The van der Waals surface area contributed by atoms with Crippen molar-refractivity contribution in [2.24, 2.45) is 5.92 Å². The first-order chi connectivity index (χ1) is 11.6. The van der Waals surface area contributed by atoms with Crippen molar-refractivity contribution in [2.45, 2.75) is 11.7 Å². The molecule has 1 amide bonds. The molecule has 0 saturated carbocycles. The van der Waals surface area contributed by atoms with Gasteiger partial charge in [0.2, 0.25) is 5.91 Å². The third kappa shape index (κ3) is 3.12. The van der Waals surface area contributed by atoms with E-state index in [1.165, 1.54) is 11.8 Å². The number of amides is 1. The standard InChI is InChI=1S/C19H18N2O2S/c1-14(18(23)21-16-8-11-20-12-9-16)19(10-5-13-24-19)17(22)15-6-3-2-4-7-15/h2-12,14H,13H2,1H3,(H,20,21,23)/t14-,19?/m1/s1. The van der Waals surface area contributed by atoms with Crippen LogP contribution < -0.4 is 5.32 Å². The van der Waals surface area contributed by atoms with Crippen molar-refractivity contribution >= 4 is 29.1 Å². The summed E-state index contributed by atoms with van der Waals surface area (Å²) in [5.41, 5.74) is 1.30. The SMILES string of the molecule is C[C@H](C(=O)Nc1ccncc1)C1(C(=O)c2ccccc2)C=CCS1. The molecule has 3 rings (SSSR count). The molecule has 1 aliphatic heterocycles. The molecule has 2 aromatic rings. The summed E-state index contributed by atoms with van der Waals surface area (Å²) in [5.74, 6) is 0.0247. The van der Waals surface area contributed by atoms with Crippen LogP contribution >= 0.6 is 11.8 Å². The Balaban J connectivity index is 1.86. The maximum Gasteiger partial charge on any atom is 0.229 e. The largest absolute Gasteiger partial charge is 0.326 e. The van der Waals surface area contributed by atoms with Crippen molar-refractivity contribution in [3.05, 3.63) is 72.6 Å². The first-order valence-electron chi connectivity index (χ1n) is 7.76. The lowest BCUT2D eigenvalue weighted by Crippen LogP contribution is -2.44. The summed E-state index contributed by atoms with van der Waals surface area (Å²) in [6.07, 6.45) is 7.08. The first-order valence-corrected chi connectivity index (χ1v) is 8.74. The molecule has 0 fully saturated rings. The van der Waals surface area contributed by atoms with Crippen LogP contribution in [0.3, 0.4) is 0 Å². The summed E-state index contributed by atoms with van der Waals surface area (Å²) < 4.78 is -0.863. The molecule has 0 bridgehead atoms. The zero-order chi connectivity index (χ0) is 17.0. The second-order valence-corrected chi connectivity index (χ2v) is 6.95. The lowest BCUT2D eigenvalue weighted by atomic mass is 9.84. The molecule has 5 heteroatoms. The number of hydrogen-bond donors (Lipinski definition) is 1. The molecule has 1 aromatic carbocycles. The van der Waals surface area contributed by atoms with Crippen LogP contribution in [0.4, 0.5) is 5.69 Å². The van der Waals surface area contributed by atoms with E-state index in [4.69, 9.17) is 0 Å². The molecular weight excluding hydrogens is 320 g/mol. The Bertz CT molecular complexity index is 761. The topological polar surface area (TPSA) is 59.1 Å². The van der Waals surface area contributed by atoms with Gasteiger partial charge in [0.15, 0.2) is 5.78 Å². The van der Waals surface area contributed by atoms with E-state index >= 15 is 0 Å². The second-order valence-electron chi connectivity index (χ2n) is 5.65. The van der Waals surface area contributed by atoms with Gasteiger partial charge in [0.25, 0.3) is 0 Å². The third-order valence-corrected chi connectivity index (χ3v) is 5.67. The molecule has 2 heterocycles. The Morgan fingerprint density at radius 2 is 1.88 bits per heavy atom. The number of hydrogen-bond acceptors (Lipinski definition) is 4. The molecule has 4 nitrogen and oxygen atoms in total. The average Bonchev–Trinajstić information content (AvgIpc) is 3.13. The minimum Gasteiger partial charge on any atom is -0.326 e. The quantitative estimate of drug-likeness (QED) is 0.669. The molecule has 1 unspecified atom stereocenters. The minimum atomic E-state index is -0.863. The Hall–Kier alpha value is -2.40. The zero-order valence-electron chi connectivity index (χ0n) is 13.3. The highest BCUT2D eigenvalue weighted by atomic mass is 32.2. The number of carbonyl (C=O) groups excluding carboxylic acids is 2. The van der Waals surface area contributed by atoms with Gasteiger partial charge in [-0.2, -0.15) is 0 Å². The van der Waals surface area contributed by atoms with Crippen LogP contribution in [0.1, 0.15) is 17.3 Å².